The molecule has 30 heavy (non-hydrogen) atoms. The number of urea groups is 1. The van der Waals surface area contributed by atoms with Gasteiger partial charge < -0.3 is 25.3 Å². The summed E-state index contributed by atoms with van der Waals surface area (Å²) >= 11 is 0. The average Bonchev–Trinajstić information content (AvgIpc) is 2.69. The Labute approximate surface area is 180 Å². The molecule has 0 saturated carbocycles. The molecule has 2 amide bonds. The van der Waals surface area contributed by atoms with Gasteiger partial charge in [-0.15, -0.1) is 0 Å². The van der Waals surface area contributed by atoms with Crippen LogP contribution in [0.15, 0.2) is 0 Å². The van der Waals surface area contributed by atoms with Gasteiger partial charge >= 0.3 is 18.0 Å². The van der Waals surface area contributed by atoms with Crippen molar-refractivity contribution in [3.8, 4) is 0 Å². The largest absolute Gasteiger partial charge is 0.481 e. The number of carboxylic acid groups (broad SMARTS) is 2. The van der Waals surface area contributed by atoms with Crippen LogP contribution in [0.1, 0.15) is 77.0 Å². The molecule has 2 rings (SSSR count). The SMILES string of the molecule is O=C(O)CCCCCCN(CCCCCCC(=O)O)C(=O)N1CCC2(CC1)CNC2. The molecule has 0 bridgehead atoms. The quantitative estimate of drug-likeness (QED) is 0.369. The number of carbonyl (C=O) groups is 3. The third-order valence-electron chi connectivity index (χ3n) is 6.50. The van der Waals surface area contributed by atoms with E-state index in [0.717, 1.165) is 77.5 Å². The summed E-state index contributed by atoms with van der Waals surface area (Å²) < 4.78 is 0. The molecule has 1 spiro atoms. The van der Waals surface area contributed by atoms with E-state index < -0.39 is 11.9 Å². The molecule has 2 heterocycles. The number of nitrogens with one attached hydrogen (secondary N) is 1. The molecule has 0 radical (unpaired) electrons. The first-order valence-electron chi connectivity index (χ1n) is 11.6. The van der Waals surface area contributed by atoms with Crippen molar-refractivity contribution in [3.63, 3.8) is 0 Å². The van der Waals surface area contributed by atoms with Crippen LogP contribution in [-0.2, 0) is 9.59 Å². The number of aliphatic carboxylic acids is 2. The highest BCUT2D eigenvalue weighted by molar-refractivity contribution is 5.74. The molecule has 2 saturated heterocycles. The topological polar surface area (TPSA) is 110 Å². The van der Waals surface area contributed by atoms with Crippen LogP contribution in [0.3, 0.4) is 0 Å². The minimum atomic E-state index is -0.751. The van der Waals surface area contributed by atoms with Crippen molar-refractivity contribution in [2.75, 3.05) is 39.3 Å². The first-order chi connectivity index (χ1) is 14.4. The maximum absolute atomic E-state index is 13.1. The summed E-state index contributed by atoms with van der Waals surface area (Å²) in [5, 5.41) is 20.8. The number of piperidine rings is 1. The van der Waals surface area contributed by atoms with Crippen LogP contribution in [0.5, 0.6) is 0 Å². The van der Waals surface area contributed by atoms with E-state index in [1.165, 1.54) is 0 Å². The Morgan fingerprint density at radius 3 is 1.63 bits per heavy atom. The Bertz CT molecular complexity index is 529. The molecule has 2 aliphatic heterocycles. The van der Waals surface area contributed by atoms with Crippen LogP contribution in [0.2, 0.25) is 0 Å². The van der Waals surface area contributed by atoms with Gasteiger partial charge in [0, 0.05) is 52.1 Å². The smallest absolute Gasteiger partial charge is 0.319 e. The Balaban J connectivity index is 1.73. The number of unbranched alkanes of at least 4 members (excludes halogenated alkanes) is 6. The van der Waals surface area contributed by atoms with Gasteiger partial charge in [0.1, 0.15) is 0 Å². The Morgan fingerprint density at radius 2 is 1.23 bits per heavy atom. The molecular formula is C22H39N3O5. The molecule has 172 valence electrons. The zero-order valence-electron chi connectivity index (χ0n) is 18.2. The lowest BCUT2D eigenvalue weighted by Gasteiger charge is -2.48. The van der Waals surface area contributed by atoms with Gasteiger partial charge in [-0.05, 0) is 43.9 Å². The average molecular weight is 426 g/mol. The molecule has 0 unspecified atom stereocenters. The van der Waals surface area contributed by atoms with Crippen molar-refractivity contribution in [1.82, 2.24) is 15.1 Å². The number of carbonyl (C=O) groups excluding carboxylic acids is 1. The molecule has 3 N–H and O–H groups in total. The van der Waals surface area contributed by atoms with Gasteiger partial charge in [0.05, 0.1) is 0 Å². The number of amides is 2. The molecule has 8 heteroatoms. The van der Waals surface area contributed by atoms with Crippen molar-refractivity contribution in [2.24, 2.45) is 5.41 Å². The highest BCUT2D eigenvalue weighted by atomic mass is 16.4. The van der Waals surface area contributed by atoms with Crippen LogP contribution in [0.4, 0.5) is 4.79 Å². The molecule has 0 atom stereocenters. The molecule has 0 aliphatic carbocycles. The number of hydrogen-bond acceptors (Lipinski definition) is 4. The summed E-state index contributed by atoms with van der Waals surface area (Å²) in [6.45, 7) is 5.23. The summed E-state index contributed by atoms with van der Waals surface area (Å²) in [4.78, 5) is 38.3. The maximum Gasteiger partial charge on any atom is 0.319 e. The van der Waals surface area contributed by atoms with E-state index in [0.29, 0.717) is 31.3 Å². The third kappa shape index (κ3) is 8.50. The number of carboxylic acids is 2. The van der Waals surface area contributed by atoms with Crippen LogP contribution in [0.25, 0.3) is 0 Å². The molecule has 2 fully saturated rings. The van der Waals surface area contributed by atoms with Crippen molar-refractivity contribution in [3.05, 3.63) is 0 Å². The van der Waals surface area contributed by atoms with Crippen LogP contribution >= 0.6 is 0 Å². The molecule has 0 aromatic heterocycles. The molecule has 0 aromatic rings. The summed E-state index contributed by atoms with van der Waals surface area (Å²) in [5.74, 6) is -1.50. The van der Waals surface area contributed by atoms with E-state index >= 15 is 0 Å². The van der Waals surface area contributed by atoms with E-state index in [-0.39, 0.29) is 18.9 Å². The summed E-state index contributed by atoms with van der Waals surface area (Å²) in [6, 6.07) is 0.133. The van der Waals surface area contributed by atoms with E-state index in [2.05, 4.69) is 5.32 Å². The normalized spacial score (nSPS) is 17.5. The van der Waals surface area contributed by atoms with E-state index in [1.54, 1.807) is 0 Å². The highest BCUT2D eigenvalue weighted by Gasteiger charge is 2.41. The first-order valence-corrected chi connectivity index (χ1v) is 11.6. The van der Waals surface area contributed by atoms with Gasteiger partial charge in [0.15, 0.2) is 0 Å². The summed E-state index contributed by atoms with van der Waals surface area (Å²) in [5.41, 5.74) is 0.413. The Kier molecular flexibility index (Phi) is 10.4. The number of hydrogen-bond donors (Lipinski definition) is 3. The Hall–Kier alpha value is -1.83. The van der Waals surface area contributed by atoms with Crippen LogP contribution in [0, 0.1) is 5.41 Å². The zero-order chi connectivity index (χ0) is 21.8. The van der Waals surface area contributed by atoms with Crippen molar-refractivity contribution < 1.29 is 24.6 Å². The van der Waals surface area contributed by atoms with Gasteiger partial charge in [-0.3, -0.25) is 9.59 Å². The van der Waals surface area contributed by atoms with Gasteiger partial charge in [-0.2, -0.15) is 0 Å². The van der Waals surface area contributed by atoms with Crippen molar-refractivity contribution in [2.45, 2.75) is 77.0 Å². The fourth-order valence-corrected chi connectivity index (χ4v) is 4.37. The second-order valence-electron chi connectivity index (χ2n) is 8.98. The molecule has 2 aliphatic rings. The van der Waals surface area contributed by atoms with Gasteiger partial charge in [-0.1, -0.05) is 25.7 Å². The monoisotopic (exact) mass is 425 g/mol. The molecule has 0 aromatic carbocycles. The van der Waals surface area contributed by atoms with Gasteiger partial charge in [-0.25, -0.2) is 4.79 Å². The van der Waals surface area contributed by atoms with Crippen molar-refractivity contribution >= 4 is 18.0 Å². The van der Waals surface area contributed by atoms with Crippen LogP contribution in [-0.4, -0.2) is 77.3 Å². The lowest BCUT2D eigenvalue weighted by atomic mass is 9.73. The maximum atomic E-state index is 13.1. The number of nitrogens with zero attached hydrogens (tertiary/aromatic N) is 2. The predicted octanol–water partition coefficient (Wildman–Crippen LogP) is 3.16. The summed E-state index contributed by atoms with van der Waals surface area (Å²) in [6.07, 6.45) is 9.36. The first kappa shape index (κ1) is 24.4. The minimum Gasteiger partial charge on any atom is -0.481 e. The standard InChI is InChI=1S/C22H39N3O5/c26-19(27)9-5-1-3-7-13-24(14-8-4-2-6-10-20(28)29)21(30)25-15-11-22(12-16-25)17-23-18-22/h23H,1-18H2,(H,26,27)(H,28,29). The second-order valence-corrected chi connectivity index (χ2v) is 8.98. The highest BCUT2D eigenvalue weighted by Crippen LogP contribution is 2.35. The number of rotatable bonds is 14. The lowest BCUT2D eigenvalue weighted by Crippen LogP contribution is -2.59. The fourth-order valence-electron chi connectivity index (χ4n) is 4.37. The third-order valence-corrected chi connectivity index (χ3v) is 6.50. The Morgan fingerprint density at radius 1 is 0.767 bits per heavy atom. The minimum absolute atomic E-state index is 0.133. The van der Waals surface area contributed by atoms with E-state index in [4.69, 9.17) is 10.2 Å². The predicted molar refractivity (Wildman–Crippen MR) is 115 cm³/mol. The lowest BCUT2D eigenvalue weighted by molar-refractivity contribution is -0.138. The summed E-state index contributed by atoms with van der Waals surface area (Å²) in [7, 11) is 0. The van der Waals surface area contributed by atoms with E-state index in [9.17, 15) is 14.4 Å². The second kappa shape index (κ2) is 12.8. The molecular weight excluding hydrogens is 386 g/mol. The molecule has 8 nitrogen and oxygen atoms in total. The number of likely N-dealkylation sites (tertiary alicyclic amines) is 1. The zero-order valence-corrected chi connectivity index (χ0v) is 18.2. The van der Waals surface area contributed by atoms with Gasteiger partial charge in [0.2, 0.25) is 0 Å². The van der Waals surface area contributed by atoms with E-state index in [1.807, 2.05) is 9.80 Å². The van der Waals surface area contributed by atoms with Crippen molar-refractivity contribution in [1.29, 1.82) is 0 Å². The van der Waals surface area contributed by atoms with Crippen LogP contribution < -0.4 is 5.32 Å². The fraction of sp³-hybridized carbons (Fsp3) is 0.864. The van der Waals surface area contributed by atoms with Gasteiger partial charge in [0.25, 0.3) is 0 Å².